The monoisotopic (exact) mass is 248 g/mol. The van der Waals surface area contributed by atoms with Crippen molar-refractivity contribution in [2.24, 2.45) is 0 Å². The van der Waals surface area contributed by atoms with Gasteiger partial charge in [-0.1, -0.05) is 55.3 Å². The van der Waals surface area contributed by atoms with Crippen LogP contribution in [0.15, 0.2) is 42.5 Å². The lowest BCUT2D eigenvalue weighted by Crippen LogP contribution is -1.80. The molecule has 0 amide bonds. The molecular formula is C15H17ClO. The summed E-state index contributed by atoms with van der Waals surface area (Å²) in [6.45, 7) is 6.03. The van der Waals surface area contributed by atoms with Crippen molar-refractivity contribution >= 4 is 11.6 Å². The summed E-state index contributed by atoms with van der Waals surface area (Å²) in [4.78, 5) is 0. The Kier molecular flexibility index (Phi) is 5.05. The van der Waals surface area contributed by atoms with Crippen LogP contribution in [0.25, 0.3) is 11.1 Å². The normalized spacial score (nSPS) is 9.41. The molecule has 2 aromatic rings. The van der Waals surface area contributed by atoms with E-state index < -0.39 is 0 Å². The Morgan fingerprint density at radius 3 is 2.12 bits per heavy atom. The minimum Gasteiger partial charge on any atom is -0.507 e. The van der Waals surface area contributed by atoms with E-state index in [1.807, 2.05) is 45.0 Å². The predicted octanol–water partition coefficient (Wildman–Crippen LogP) is 5.05. The van der Waals surface area contributed by atoms with Crippen molar-refractivity contribution in [3.8, 4) is 16.9 Å². The average Bonchev–Trinajstić information content (AvgIpc) is 2.36. The Balaban J connectivity index is 0.000000686. The summed E-state index contributed by atoms with van der Waals surface area (Å²) in [6, 6.07) is 13.0. The van der Waals surface area contributed by atoms with Crippen molar-refractivity contribution in [2.45, 2.75) is 20.8 Å². The van der Waals surface area contributed by atoms with Gasteiger partial charge >= 0.3 is 0 Å². The third-order valence-corrected chi connectivity index (χ3v) is 2.56. The number of aromatic hydroxyl groups is 1. The fourth-order valence-electron chi connectivity index (χ4n) is 1.47. The summed E-state index contributed by atoms with van der Waals surface area (Å²) in [6.07, 6.45) is 0. The Morgan fingerprint density at radius 1 is 0.941 bits per heavy atom. The van der Waals surface area contributed by atoms with Gasteiger partial charge in [-0.3, -0.25) is 0 Å². The standard InChI is InChI=1S/C13H11ClO.C2H6/c1-9-2-4-10(5-3-9)12-8-11(14)6-7-13(12)15;1-2/h2-8,15H,1H3;1-2H3. The summed E-state index contributed by atoms with van der Waals surface area (Å²) >= 11 is 5.89. The Bertz CT molecular complexity index is 475. The molecule has 0 bridgehead atoms. The van der Waals surface area contributed by atoms with Gasteiger partial charge in [0.2, 0.25) is 0 Å². The van der Waals surface area contributed by atoms with E-state index in [0.717, 1.165) is 11.1 Å². The molecule has 0 unspecified atom stereocenters. The maximum absolute atomic E-state index is 9.70. The molecule has 1 nitrogen and oxygen atoms in total. The van der Waals surface area contributed by atoms with E-state index in [-0.39, 0.29) is 5.75 Å². The van der Waals surface area contributed by atoms with Crippen molar-refractivity contribution in [1.29, 1.82) is 0 Å². The second-order valence-electron chi connectivity index (χ2n) is 3.53. The number of rotatable bonds is 1. The first-order valence-electron chi connectivity index (χ1n) is 5.72. The molecule has 0 atom stereocenters. The lowest BCUT2D eigenvalue weighted by Gasteiger charge is -2.05. The van der Waals surface area contributed by atoms with Crippen LogP contribution in [0.2, 0.25) is 5.02 Å². The summed E-state index contributed by atoms with van der Waals surface area (Å²) in [5, 5.41) is 10.3. The molecule has 0 aliphatic heterocycles. The topological polar surface area (TPSA) is 20.2 Å². The van der Waals surface area contributed by atoms with Crippen LogP contribution in [0, 0.1) is 6.92 Å². The van der Waals surface area contributed by atoms with Crippen molar-refractivity contribution in [3.05, 3.63) is 53.1 Å². The Labute approximate surface area is 108 Å². The molecule has 1 N–H and O–H groups in total. The molecule has 2 rings (SSSR count). The third-order valence-electron chi connectivity index (χ3n) is 2.32. The number of phenols is 1. The van der Waals surface area contributed by atoms with E-state index in [1.165, 1.54) is 5.56 Å². The van der Waals surface area contributed by atoms with E-state index >= 15 is 0 Å². The van der Waals surface area contributed by atoms with Crippen molar-refractivity contribution in [2.75, 3.05) is 0 Å². The molecule has 90 valence electrons. The molecule has 0 aliphatic rings. The van der Waals surface area contributed by atoms with Gasteiger partial charge in [0, 0.05) is 10.6 Å². The highest BCUT2D eigenvalue weighted by atomic mass is 35.5. The zero-order chi connectivity index (χ0) is 12.8. The molecule has 0 saturated carbocycles. The van der Waals surface area contributed by atoms with E-state index in [0.29, 0.717) is 5.02 Å². The van der Waals surface area contributed by atoms with E-state index in [9.17, 15) is 5.11 Å². The highest BCUT2D eigenvalue weighted by molar-refractivity contribution is 6.31. The molecule has 0 aliphatic carbocycles. The van der Waals surface area contributed by atoms with Gasteiger partial charge in [-0.25, -0.2) is 0 Å². The van der Waals surface area contributed by atoms with Gasteiger partial charge in [-0.2, -0.15) is 0 Å². The lowest BCUT2D eigenvalue weighted by molar-refractivity contribution is 0.477. The zero-order valence-electron chi connectivity index (χ0n) is 10.4. The molecule has 0 aromatic heterocycles. The summed E-state index contributed by atoms with van der Waals surface area (Å²) in [5.74, 6) is 0.253. The number of aryl methyl sites for hydroxylation is 1. The number of benzene rings is 2. The number of halogens is 1. The molecule has 0 fully saturated rings. The highest BCUT2D eigenvalue weighted by Gasteiger charge is 2.04. The van der Waals surface area contributed by atoms with Crippen LogP contribution in [0.4, 0.5) is 0 Å². The summed E-state index contributed by atoms with van der Waals surface area (Å²) < 4.78 is 0. The first-order chi connectivity index (χ1) is 8.16. The second kappa shape index (κ2) is 6.31. The number of hydrogen-bond acceptors (Lipinski definition) is 1. The first-order valence-corrected chi connectivity index (χ1v) is 6.10. The van der Waals surface area contributed by atoms with Crippen LogP contribution < -0.4 is 0 Å². The minimum atomic E-state index is 0.253. The molecule has 0 saturated heterocycles. The molecule has 0 spiro atoms. The van der Waals surface area contributed by atoms with Crippen molar-refractivity contribution in [3.63, 3.8) is 0 Å². The largest absolute Gasteiger partial charge is 0.507 e. The quantitative estimate of drug-likeness (QED) is 0.749. The van der Waals surface area contributed by atoms with E-state index in [2.05, 4.69) is 0 Å². The van der Waals surface area contributed by atoms with E-state index in [4.69, 9.17) is 11.6 Å². The summed E-state index contributed by atoms with van der Waals surface area (Å²) in [7, 11) is 0. The highest BCUT2D eigenvalue weighted by Crippen LogP contribution is 2.31. The Morgan fingerprint density at radius 2 is 1.53 bits per heavy atom. The van der Waals surface area contributed by atoms with Crippen molar-refractivity contribution in [1.82, 2.24) is 0 Å². The van der Waals surface area contributed by atoms with Gasteiger partial charge in [-0.15, -0.1) is 0 Å². The predicted molar refractivity (Wildman–Crippen MR) is 74.6 cm³/mol. The molecule has 17 heavy (non-hydrogen) atoms. The lowest BCUT2D eigenvalue weighted by atomic mass is 10.0. The summed E-state index contributed by atoms with van der Waals surface area (Å²) in [5.41, 5.74) is 2.93. The van der Waals surface area contributed by atoms with Crippen LogP contribution in [-0.2, 0) is 0 Å². The number of hydrogen-bond donors (Lipinski definition) is 1. The van der Waals surface area contributed by atoms with Crippen LogP contribution in [0.5, 0.6) is 5.75 Å². The fourth-order valence-corrected chi connectivity index (χ4v) is 1.64. The first kappa shape index (κ1) is 13.6. The molecule has 0 radical (unpaired) electrons. The number of phenolic OH excluding ortho intramolecular Hbond substituents is 1. The zero-order valence-corrected chi connectivity index (χ0v) is 11.1. The van der Waals surface area contributed by atoms with Gasteiger partial charge in [-0.05, 0) is 30.7 Å². The van der Waals surface area contributed by atoms with Crippen LogP contribution in [-0.4, -0.2) is 5.11 Å². The smallest absolute Gasteiger partial charge is 0.123 e. The SMILES string of the molecule is CC.Cc1ccc(-c2cc(Cl)ccc2O)cc1. The van der Waals surface area contributed by atoms with Crippen LogP contribution in [0.1, 0.15) is 19.4 Å². The maximum Gasteiger partial charge on any atom is 0.123 e. The van der Waals surface area contributed by atoms with Gasteiger partial charge < -0.3 is 5.11 Å². The van der Waals surface area contributed by atoms with E-state index in [1.54, 1.807) is 18.2 Å². The minimum absolute atomic E-state index is 0.253. The third kappa shape index (κ3) is 3.50. The van der Waals surface area contributed by atoms with Crippen LogP contribution in [0.3, 0.4) is 0 Å². The second-order valence-corrected chi connectivity index (χ2v) is 3.96. The molecule has 2 aromatic carbocycles. The van der Waals surface area contributed by atoms with Crippen molar-refractivity contribution < 1.29 is 5.11 Å². The fraction of sp³-hybridized carbons (Fsp3) is 0.200. The molecular weight excluding hydrogens is 232 g/mol. The van der Waals surface area contributed by atoms with Gasteiger partial charge in [0.05, 0.1) is 0 Å². The van der Waals surface area contributed by atoms with Gasteiger partial charge in [0.25, 0.3) is 0 Å². The molecule has 0 heterocycles. The molecule has 2 heteroatoms. The maximum atomic E-state index is 9.70. The van der Waals surface area contributed by atoms with Gasteiger partial charge in [0.1, 0.15) is 5.75 Å². The Hall–Kier alpha value is -1.47. The van der Waals surface area contributed by atoms with Crippen LogP contribution >= 0.6 is 11.6 Å². The van der Waals surface area contributed by atoms with Gasteiger partial charge in [0.15, 0.2) is 0 Å². The average molecular weight is 249 g/mol.